The van der Waals surface area contributed by atoms with Gasteiger partial charge in [-0.25, -0.2) is 0 Å². The summed E-state index contributed by atoms with van der Waals surface area (Å²) in [4.78, 5) is 0. The van der Waals surface area contributed by atoms with Gasteiger partial charge in [0.1, 0.15) is 0 Å². The van der Waals surface area contributed by atoms with Crippen molar-refractivity contribution in [3.63, 3.8) is 0 Å². The fourth-order valence-electron chi connectivity index (χ4n) is 2.80. The Balaban J connectivity index is 2.42. The summed E-state index contributed by atoms with van der Waals surface area (Å²) in [6, 6.07) is 8.00. The lowest BCUT2D eigenvalue weighted by molar-refractivity contribution is 0.00578. The van der Waals surface area contributed by atoms with Crippen LogP contribution in [0.5, 0.6) is 0 Å². The number of nitrogens with one attached hydrogen (secondary N) is 1. The van der Waals surface area contributed by atoms with Crippen molar-refractivity contribution in [1.29, 1.82) is 0 Å². The lowest BCUT2D eigenvalue weighted by atomic mass is 9.74. The highest BCUT2D eigenvalue weighted by Gasteiger charge is 2.52. The van der Waals surface area contributed by atoms with Crippen LogP contribution in [-0.2, 0) is 20.7 Å². The van der Waals surface area contributed by atoms with E-state index in [0.29, 0.717) is 0 Å². The third kappa shape index (κ3) is 3.61. The van der Waals surface area contributed by atoms with Crippen LogP contribution < -0.4 is 10.2 Å². The highest BCUT2D eigenvalue weighted by molar-refractivity contribution is 7.89. The van der Waals surface area contributed by atoms with Crippen molar-refractivity contribution < 1.29 is 13.9 Å². The summed E-state index contributed by atoms with van der Waals surface area (Å²) in [7, 11) is 1.29. The predicted octanol–water partition coefficient (Wildman–Crippen LogP) is 2.57. The SMILES string of the molecule is CN[S+]([O-])C(c1ccccc1B1OC(C)(C)C(C)(C)O1)C(C)C. The first-order valence-corrected chi connectivity index (χ1v) is 9.34. The molecule has 0 saturated carbocycles. The first-order valence-electron chi connectivity index (χ1n) is 8.13. The Hall–Kier alpha value is -0.525. The normalized spacial score (nSPS) is 22.4. The Morgan fingerprint density at radius 3 is 2.09 bits per heavy atom. The van der Waals surface area contributed by atoms with Crippen molar-refractivity contribution in [2.45, 2.75) is 58.0 Å². The van der Waals surface area contributed by atoms with Gasteiger partial charge >= 0.3 is 7.12 Å². The van der Waals surface area contributed by atoms with Gasteiger partial charge in [-0.3, -0.25) is 0 Å². The molecule has 0 spiro atoms. The quantitative estimate of drug-likeness (QED) is 0.663. The summed E-state index contributed by atoms with van der Waals surface area (Å²) in [5, 5.41) is -0.116. The molecule has 0 bridgehead atoms. The number of hydrogen-bond acceptors (Lipinski definition) is 4. The molecule has 1 aromatic carbocycles. The van der Waals surface area contributed by atoms with Crippen molar-refractivity contribution in [3.05, 3.63) is 29.8 Å². The van der Waals surface area contributed by atoms with Crippen LogP contribution in [0.3, 0.4) is 0 Å². The number of hydrogen-bond donors (Lipinski definition) is 1. The Morgan fingerprint density at radius 1 is 1.09 bits per heavy atom. The molecule has 1 aromatic rings. The second kappa shape index (κ2) is 6.77. The molecule has 1 aliphatic heterocycles. The van der Waals surface area contributed by atoms with E-state index in [1.807, 2.05) is 52.0 Å². The molecule has 128 valence electrons. The van der Waals surface area contributed by atoms with Crippen LogP contribution in [-0.4, -0.2) is 29.9 Å². The second-order valence-corrected chi connectivity index (χ2v) is 8.89. The molecule has 2 atom stereocenters. The van der Waals surface area contributed by atoms with E-state index in [1.54, 1.807) is 7.05 Å². The Labute approximate surface area is 143 Å². The Bertz CT molecular complexity index is 534. The second-order valence-electron chi connectivity index (χ2n) is 7.38. The van der Waals surface area contributed by atoms with Gasteiger partial charge in [0.15, 0.2) is 5.25 Å². The van der Waals surface area contributed by atoms with Crippen LogP contribution in [0.2, 0.25) is 0 Å². The van der Waals surface area contributed by atoms with E-state index in [9.17, 15) is 4.55 Å². The van der Waals surface area contributed by atoms with Crippen molar-refractivity contribution in [2.24, 2.45) is 5.92 Å². The minimum Gasteiger partial charge on any atom is -0.598 e. The first-order chi connectivity index (χ1) is 10.6. The van der Waals surface area contributed by atoms with E-state index < -0.39 is 18.5 Å². The molecular formula is C17H28BNO3S. The van der Waals surface area contributed by atoms with Gasteiger partial charge in [0.2, 0.25) is 0 Å². The molecule has 4 nitrogen and oxygen atoms in total. The summed E-state index contributed by atoms with van der Waals surface area (Å²) in [5.74, 6) is 0.229. The van der Waals surface area contributed by atoms with Crippen LogP contribution in [0, 0.1) is 5.92 Å². The molecule has 23 heavy (non-hydrogen) atoms. The van der Waals surface area contributed by atoms with Crippen LogP contribution in [0.15, 0.2) is 24.3 Å². The zero-order valence-corrected chi connectivity index (χ0v) is 16.0. The molecular weight excluding hydrogens is 309 g/mol. The van der Waals surface area contributed by atoms with Gasteiger partial charge in [-0.2, -0.15) is 0 Å². The minimum atomic E-state index is -1.16. The Morgan fingerprint density at radius 2 is 1.61 bits per heavy atom. The van der Waals surface area contributed by atoms with E-state index in [4.69, 9.17) is 9.31 Å². The molecule has 1 N–H and O–H groups in total. The molecule has 0 radical (unpaired) electrons. The maximum absolute atomic E-state index is 12.5. The van der Waals surface area contributed by atoms with E-state index in [1.165, 1.54) is 0 Å². The minimum absolute atomic E-state index is 0.116. The van der Waals surface area contributed by atoms with Gasteiger partial charge in [-0.05, 0) is 33.2 Å². The summed E-state index contributed by atoms with van der Waals surface area (Å²) < 4.78 is 27.8. The molecule has 0 aromatic heterocycles. The fraction of sp³-hybridized carbons (Fsp3) is 0.647. The molecule has 0 amide bonds. The molecule has 1 saturated heterocycles. The topological polar surface area (TPSA) is 53.5 Å². The zero-order valence-electron chi connectivity index (χ0n) is 15.2. The highest BCUT2D eigenvalue weighted by Crippen LogP contribution is 2.38. The molecule has 1 heterocycles. The predicted molar refractivity (Wildman–Crippen MR) is 96.9 cm³/mol. The molecule has 2 rings (SSSR count). The summed E-state index contributed by atoms with van der Waals surface area (Å²) in [6.07, 6.45) is 0. The van der Waals surface area contributed by atoms with Crippen LogP contribution >= 0.6 is 0 Å². The van der Waals surface area contributed by atoms with E-state index in [0.717, 1.165) is 11.0 Å². The van der Waals surface area contributed by atoms with Crippen molar-refractivity contribution in [3.8, 4) is 0 Å². The van der Waals surface area contributed by atoms with Crippen molar-refractivity contribution >= 4 is 23.9 Å². The van der Waals surface area contributed by atoms with Gasteiger partial charge in [-0.1, -0.05) is 38.1 Å². The lowest BCUT2D eigenvalue weighted by Gasteiger charge is -2.32. The maximum atomic E-state index is 12.5. The molecule has 6 heteroatoms. The van der Waals surface area contributed by atoms with Crippen LogP contribution in [0.1, 0.15) is 52.4 Å². The van der Waals surface area contributed by atoms with E-state index in [2.05, 4.69) is 18.6 Å². The lowest BCUT2D eigenvalue weighted by Crippen LogP contribution is -2.41. The van der Waals surface area contributed by atoms with Gasteiger partial charge in [0.25, 0.3) is 0 Å². The first kappa shape index (κ1) is 18.8. The molecule has 1 aliphatic rings. The third-order valence-corrected chi connectivity index (χ3v) is 6.51. The van der Waals surface area contributed by atoms with Gasteiger partial charge < -0.3 is 13.9 Å². The monoisotopic (exact) mass is 337 g/mol. The van der Waals surface area contributed by atoms with Crippen molar-refractivity contribution in [2.75, 3.05) is 7.05 Å². The van der Waals surface area contributed by atoms with Gasteiger partial charge in [-0.15, -0.1) is 4.72 Å². The van der Waals surface area contributed by atoms with Crippen molar-refractivity contribution in [1.82, 2.24) is 4.72 Å². The zero-order chi connectivity index (χ0) is 17.4. The van der Waals surface area contributed by atoms with Gasteiger partial charge in [0.05, 0.1) is 11.2 Å². The van der Waals surface area contributed by atoms with Crippen LogP contribution in [0.4, 0.5) is 0 Å². The number of rotatable bonds is 5. The fourth-order valence-corrected chi connectivity index (χ4v) is 4.00. The van der Waals surface area contributed by atoms with E-state index >= 15 is 0 Å². The average Bonchev–Trinajstić information content (AvgIpc) is 2.67. The molecule has 1 fully saturated rings. The smallest absolute Gasteiger partial charge is 0.495 e. The molecule has 0 aliphatic carbocycles. The third-order valence-electron chi connectivity index (χ3n) is 4.85. The summed E-state index contributed by atoms with van der Waals surface area (Å²) >= 11 is -1.16. The summed E-state index contributed by atoms with van der Waals surface area (Å²) in [5.41, 5.74) is 1.21. The number of benzene rings is 1. The largest absolute Gasteiger partial charge is 0.598 e. The van der Waals surface area contributed by atoms with E-state index in [-0.39, 0.29) is 22.4 Å². The summed E-state index contributed by atoms with van der Waals surface area (Å²) in [6.45, 7) is 12.3. The Kier molecular flexibility index (Phi) is 5.53. The molecule has 2 unspecified atom stereocenters. The van der Waals surface area contributed by atoms with Crippen LogP contribution in [0.25, 0.3) is 0 Å². The standard InChI is InChI=1S/C17H28BNO3S/c1-12(2)15(23(20)19-7)13-10-8-9-11-14(13)18-21-16(3,4)17(5,6)22-18/h8-12,15,19H,1-7H3. The maximum Gasteiger partial charge on any atom is 0.495 e. The van der Waals surface area contributed by atoms with Gasteiger partial charge in [0, 0.05) is 29.9 Å². The highest BCUT2D eigenvalue weighted by atomic mass is 32.2. The average molecular weight is 337 g/mol.